The third kappa shape index (κ3) is 3.49. The van der Waals surface area contributed by atoms with Crippen molar-refractivity contribution in [3.05, 3.63) is 33.9 Å². The highest BCUT2D eigenvalue weighted by Crippen LogP contribution is 2.31. The van der Waals surface area contributed by atoms with E-state index in [-0.39, 0.29) is 17.4 Å². The molecule has 1 unspecified atom stereocenters. The number of carbonyl (C=O) groups is 1. The van der Waals surface area contributed by atoms with Gasteiger partial charge in [-0.3, -0.25) is 10.1 Å². The lowest BCUT2D eigenvalue weighted by atomic mass is 10.1. The summed E-state index contributed by atoms with van der Waals surface area (Å²) in [4.78, 5) is 23.6. The average Bonchev–Trinajstić information content (AvgIpc) is 2.47. The largest absolute Gasteiger partial charge is 0.478 e. The van der Waals surface area contributed by atoms with E-state index in [1.165, 1.54) is 18.2 Å². The number of nitro groups is 1. The van der Waals surface area contributed by atoms with Crippen LogP contribution in [0.3, 0.4) is 0 Å². The van der Waals surface area contributed by atoms with E-state index >= 15 is 0 Å². The average molecular weight is 294 g/mol. The van der Waals surface area contributed by atoms with Crippen molar-refractivity contribution in [2.45, 2.75) is 25.9 Å². The number of benzene rings is 1. The zero-order chi connectivity index (χ0) is 15.4. The topological polar surface area (TPSA) is 92.9 Å². The van der Waals surface area contributed by atoms with Gasteiger partial charge in [-0.15, -0.1) is 0 Å². The third-order valence-corrected chi connectivity index (χ3v) is 3.54. The molecule has 0 aromatic heterocycles. The molecule has 1 saturated heterocycles. The SMILES string of the molecule is CCOC1CCCN(c2cc(C(=O)O)ccc2[N+](=O)[O-])C1. The van der Waals surface area contributed by atoms with Gasteiger partial charge in [0.2, 0.25) is 0 Å². The van der Waals surface area contributed by atoms with E-state index in [9.17, 15) is 14.9 Å². The number of ether oxygens (including phenoxy) is 1. The highest BCUT2D eigenvalue weighted by Gasteiger charge is 2.26. The molecule has 0 bridgehead atoms. The van der Waals surface area contributed by atoms with Crippen molar-refractivity contribution >= 4 is 17.3 Å². The maximum Gasteiger partial charge on any atom is 0.335 e. The number of piperidine rings is 1. The second-order valence-electron chi connectivity index (χ2n) is 4.93. The normalized spacial score (nSPS) is 18.5. The summed E-state index contributed by atoms with van der Waals surface area (Å²) < 4.78 is 5.58. The summed E-state index contributed by atoms with van der Waals surface area (Å²) in [5.41, 5.74) is 0.329. The van der Waals surface area contributed by atoms with Crippen LogP contribution in [-0.4, -0.2) is 41.8 Å². The van der Waals surface area contributed by atoms with Gasteiger partial charge < -0.3 is 14.7 Å². The van der Waals surface area contributed by atoms with Crippen molar-refractivity contribution in [1.82, 2.24) is 0 Å². The lowest BCUT2D eigenvalue weighted by Gasteiger charge is -2.33. The van der Waals surface area contributed by atoms with Crippen LogP contribution < -0.4 is 4.90 Å². The number of anilines is 1. The highest BCUT2D eigenvalue weighted by molar-refractivity contribution is 5.90. The van der Waals surface area contributed by atoms with Crippen LogP contribution in [0.1, 0.15) is 30.1 Å². The number of hydrogen-bond donors (Lipinski definition) is 1. The molecule has 1 aliphatic heterocycles. The molecule has 0 amide bonds. The third-order valence-electron chi connectivity index (χ3n) is 3.54. The molecule has 0 spiro atoms. The number of carboxylic acids is 1. The zero-order valence-electron chi connectivity index (χ0n) is 11.8. The molecule has 7 heteroatoms. The van der Waals surface area contributed by atoms with Crippen molar-refractivity contribution in [2.75, 3.05) is 24.6 Å². The van der Waals surface area contributed by atoms with Gasteiger partial charge in [-0.2, -0.15) is 0 Å². The van der Waals surface area contributed by atoms with Gasteiger partial charge in [0.15, 0.2) is 0 Å². The van der Waals surface area contributed by atoms with Gasteiger partial charge >= 0.3 is 5.97 Å². The molecule has 1 atom stereocenters. The first-order chi connectivity index (χ1) is 10.0. The Kier molecular flexibility index (Phi) is 4.74. The fourth-order valence-electron chi connectivity index (χ4n) is 2.59. The van der Waals surface area contributed by atoms with Crippen molar-refractivity contribution in [3.63, 3.8) is 0 Å². The molecule has 1 N–H and O–H groups in total. The Hall–Kier alpha value is -2.15. The molecule has 7 nitrogen and oxygen atoms in total. The molecule has 114 valence electrons. The fourth-order valence-corrected chi connectivity index (χ4v) is 2.59. The summed E-state index contributed by atoms with van der Waals surface area (Å²) in [5.74, 6) is -1.09. The van der Waals surface area contributed by atoms with Crippen molar-refractivity contribution < 1.29 is 19.6 Å². The Balaban J connectivity index is 2.33. The van der Waals surface area contributed by atoms with Crippen molar-refractivity contribution in [2.24, 2.45) is 0 Å². The lowest BCUT2D eigenvalue weighted by Crippen LogP contribution is -2.40. The molecule has 0 radical (unpaired) electrons. The van der Waals surface area contributed by atoms with E-state index in [4.69, 9.17) is 9.84 Å². The van der Waals surface area contributed by atoms with Crippen LogP contribution in [0.5, 0.6) is 0 Å². The Bertz CT molecular complexity index is 544. The van der Waals surface area contributed by atoms with E-state index in [1.54, 1.807) is 0 Å². The molecule has 1 heterocycles. The first kappa shape index (κ1) is 15.2. The standard InChI is InChI=1S/C14H18N2O5/c1-2-21-11-4-3-7-15(9-11)13-8-10(14(17)18)5-6-12(13)16(19)20/h5-6,8,11H,2-4,7,9H2,1H3,(H,17,18). The highest BCUT2D eigenvalue weighted by atomic mass is 16.6. The van der Waals surface area contributed by atoms with Crippen LogP contribution in [0.15, 0.2) is 18.2 Å². The Morgan fingerprint density at radius 2 is 2.33 bits per heavy atom. The van der Waals surface area contributed by atoms with Gasteiger partial charge in [-0.1, -0.05) is 0 Å². The lowest BCUT2D eigenvalue weighted by molar-refractivity contribution is -0.384. The maximum atomic E-state index is 11.2. The number of aromatic carboxylic acids is 1. The zero-order valence-corrected chi connectivity index (χ0v) is 11.8. The minimum absolute atomic E-state index is 0.0249. The minimum atomic E-state index is -1.09. The Morgan fingerprint density at radius 1 is 1.57 bits per heavy atom. The quantitative estimate of drug-likeness (QED) is 0.661. The summed E-state index contributed by atoms with van der Waals surface area (Å²) in [5, 5.41) is 20.2. The number of carboxylic acid groups (broad SMARTS) is 1. The van der Waals surface area contributed by atoms with Crippen molar-refractivity contribution in [3.8, 4) is 0 Å². The second-order valence-corrected chi connectivity index (χ2v) is 4.93. The van der Waals surface area contributed by atoms with E-state index < -0.39 is 10.9 Å². The van der Waals surface area contributed by atoms with E-state index in [1.807, 2.05) is 11.8 Å². The van der Waals surface area contributed by atoms with Gasteiger partial charge in [-0.05, 0) is 31.9 Å². The molecule has 1 aromatic rings. The first-order valence-corrected chi connectivity index (χ1v) is 6.91. The summed E-state index contributed by atoms with van der Waals surface area (Å²) in [6, 6.07) is 3.88. The van der Waals surface area contributed by atoms with Crippen LogP contribution in [0, 0.1) is 10.1 Å². The summed E-state index contributed by atoms with van der Waals surface area (Å²) in [6.07, 6.45) is 1.80. The number of rotatable bonds is 5. The molecule has 21 heavy (non-hydrogen) atoms. The van der Waals surface area contributed by atoms with Crippen LogP contribution in [-0.2, 0) is 4.74 Å². The number of nitrogens with zero attached hydrogens (tertiary/aromatic N) is 2. The first-order valence-electron chi connectivity index (χ1n) is 6.91. The molecule has 1 aliphatic rings. The predicted octanol–water partition coefficient (Wildman–Crippen LogP) is 2.30. The minimum Gasteiger partial charge on any atom is -0.478 e. The van der Waals surface area contributed by atoms with Crippen molar-refractivity contribution in [1.29, 1.82) is 0 Å². The second kappa shape index (κ2) is 6.53. The van der Waals surface area contributed by atoms with Gasteiger partial charge in [-0.25, -0.2) is 4.79 Å². The molecular weight excluding hydrogens is 276 g/mol. The summed E-state index contributed by atoms with van der Waals surface area (Å²) in [7, 11) is 0. The van der Waals surface area contributed by atoms with E-state index in [0.717, 1.165) is 12.8 Å². The summed E-state index contributed by atoms with van der Waals surface area (Å²) >= 11 is 0. The number of hydrogen-bond acceptors (Lipinski definition) is 5. The summed E-state index contributed by atoms with van der Waals surface area (Å²) in [6.45, 7) is 3.70. The maximum absolute atomic E-state index is 11.2. The molecule has 1 fully saturated rings. The number of nitro benzene ring substituents is 1. The van der Waals surface area contributed by atoms with Gasteiger partial charge in [0.25, 0.3) is 5.69 Å². The van der Waals surface area contributed by atoms with Crippen LogP contribution >= 0.6 is 0 Å². The molecule has 2 rings (SSSR count). The molecule has 0 aliphatic carbocycles. The molecular formula is C14H18N2O5. The Labute approximate surface area is 122 Å². The van der Waals surface area contributed by atoms with E-state index in [0.29, 0.717) is 25.4 Å². The van der Waals surface area contributed by atoms with E-state index in [2.05, 4.69) is 0 Å². The smallest absolute Gasteiger partial charge is 0.335 e. The monoisotopic (exact) mass is 294 g/mol. The van der Waals surface area contributed by atoms with Gasteiger partial charge in [0.1, 0.15) is 5.69 Å². The van der Waals surface area contributed by atoms with Gasteiger partial charge in [0, 0.05) is 25.8 Å². The predicted molar refractivity (Wildman–Crippen MR) is 76.9 cm³/mol. The molecule has 0 saturated carbocycles. The van der Waals surface area contributed by atoms with Crippen LogP contribution in [0.2, 0.25) is 0 Å². The fraction of sp³-hybridized carbons (Fsp3) is 0.500. The van der Waals surface area contributed by atoms with Crippen LogP contribution in [0.25, 0.3) is 0 Å². The van der Waals surface area contributed by atoms with Gasteiger partial charge in [0.05, 0.1) is 16.6 Å². The Morgan fingerprint density at radius 3 is 2.95 bits per heavy atom. The van der Waals surface area contributed by atoms with Crippen LogP contribution in [0.4, 0.5) is 11.4 Å². The molecule has 1 aromatic carbocycles.